The molecule has 0 bridgehead atoms. The first-order chi connectivity index (χ1) is 5.96. The first-order valence-electron chi connectivity index (χ1n) is 5.05. The van der Waals surface area contributed by atoms with Gasteiger partial charge in [0.25, 0.3) is 0 Å². The normalized spacial score (nSPS) is 40.3. The molecule has 1 fully saturated rings. The maximum Gasteiger partial charge on any atom is 0.109 e. The SMILES string of the molecule is CC(C)C1CCC(C)(F)CC1C#N. The minimum absolute atomic E-state index is 0.0799. The molecule has 1 nitrogen and oxygen atoms in total. The van der Waals surface area contributed by atoms with Crippen LogP contribution in [-0.4, -0.2) is 5.67 Å². The highest BCUT2D eigenvalue weighted by Crippen LogP contribution is 2.41. The van der Waals surface area contributed by atoms with Crippen LogP contribution in [0.2, 0.25) is 0 Å². The molecule has 1 saturated carbocycles. The van der Waals surface area contributed by atoms with Gasteiger partial charge in [-0.15, -0.1) is 0 Å². The van der Waals surface area contributed by atoms with Crippen LogP contribution in [0, 0.1) is 29.1 Å². The fourth-order valence-electron chi connectivity index (χ4n) is 2.32. The Labute approximate surface area is 79.9 Å². The number of nitriles is 1. The summed E-state index contributed by atoms with van der Waals surface area (Å²) < 4.78 is 13.6. The number of halogens is 1. The second kappa shape index (κ2) is 3.65. The maximum absolute atomic E-state index is 13.6. The van der Waals surface area contributed by atoms with Gasteiger partial charge in [0.1, 0.15) is 5.67 Å². The lowest BCUT2D eigenvalue weighted by molar-refractivity contribution is 0.0620. The zero-order valence-corrected chi connectivity index (χ0v) is 8.68. The molecule has 1 rings (SSSR count). The van der Waals surface area contributed by atoms with Gasteiger partial charge in [0.2, 0.25) is 0 Å². The van der Waals surface area contributed by atoms with Gasteiger partial charge in [0, 0.05) is 0 Å². The Balaban J connectivity index is 2.68. The van der Waals surface area contributed by atoms with Gasteiger partial charge in [-0.05, 0) is 38.0 Å². The van der Waals surface area contributed by atoms with Crippen molar-refractivity contribution in [3.8, 4) is 6.07 Å². The van der Waals surface area contributed by atoms with Crippen molar-refractivity contribution in [2.24, 2.45) is 17.8 Å². The fourth-order valence-corrected chi connectivity index (χ4v) is 2.32. The fraction of sp³-hybridized carbons (Fsp3) is 0.909. The van der Waals surface area contributed by atoms with Crippen LogP contribution in [0.1, 0.15) is 40.0 Å². The van der Waals surface area contributed by atoms with Crippen LogP contribution >= 0.6 is 0 Å². The van der Waals surface area contributed by atoms with Gasteiger partial charge in [-0.1, -0.05) is 13.8 Å². The molecule has 74 valence electrons. The topological polar surface area (TPSA) is 23.8 Å². The molecule has 0 aromatic rings. The van der Waals surface area contributed by atoms with E-state index in [9.17, 15) is 4.39 Å². The summed E-state index contributed by atoms with van der Waals surface area (Å²) in [5, 5.41) is 8.93. The van der Waals surface area contributed by atoms with E-state index in [1.54, 1.807) is 6.92 Å². The molecule has 13 heavy (non-hydrogen) atoms. The molecular formula is C11H18FN. The second-order valence-electron chi connectivity index (χ2n) is 4.80. The van der Waals surface area contributed by atoms with Crippen molar-refractivity contribution in [1.82, 2.24) is 0 Å². The number of rotatable bonds is 1. The van der Waals surface area contributed by atoms with Crippen molar-refractivity contribution in [3.63, 3.8) is 0 Å². The summed E-state index contributed by atoms with van der Waals surface area (Å²) in [6.45, 7) is 5.86. The highest BCUT2D eigenvalue weighted by molar-refractivity contribution is 4.98. The largest absolute Gasteiger partial charge is 0.244 e. The van der Waals surface area contributed by atoms with E-state index in [1.807, 2.05) is 0 Å². The van der Waals surface area contributed by atoms with Crippen LogP contribution in [0.25, 0.3) is 0 Å². The molecule has 0 amide bonds. The van der Waals surface area contributed by atoms with Crippen molar-refractivity contribution in [2.45, 2.75) is 45.7 Å². The monoisotopic (exact) mass is 183 g/mol. The third-order valence-corrected chi connectivity index (χ3v) is 3.18. The summed E-state index contributed by atoms with van der Waals surface area (Å²) in [6, 6.07) is 2.25. The Morgan fingerprint density at radius 1 is 1.54 bits per heavy atom. The summed E-state index contributed by atoms with van der Waals surface area (Å²) in [6.07, 6.45) is 1.91. The minimum atomic E-state index is -1.11. The highest BCUT2D eigenvalue weighted by Gasteiger charge is 2.38. The lowest BCUT2D eigenvalue weighted by Gasteiger charge is -2.36. The smallest absolute Gasteiger partial charge is 0.109 e. The summed E-state index contributed by atoms with van der Waals surface area (Å²) in [5.41, 5.74) is -1.11. The molecule has 0 saturated heterocycles. The molecule has 0 spiro atoms. The van der Waals surface area contributed by atoms with Crippen LogP contribution in [0.5, 0.6) is 0 Å². The lowest BCUT2D eigenvalue weighted by atomic mass is 9.69. The number of hydrogen-bond donors (Lipinski definition) is 0. The molecule has 0 aromatic heterocycles. The predicted octanol–water partition coefficient (Wildman–Crippen LogP) is 3.31. The Morgan fingerprint density at radius 2 is 2.15 bits per heavy atom. The van der Waals surface area contributed by atoms with E-state index >= 15 is 0 Å². The van der Waals surface area contributed by atoms with Gasteiger partial charge in [-0.2, -0.15) is 5.26 Å². The molecule has 2 heteroatoms. The molecule has 3 unspecified atom stereocenters. The lowest BCUT2D eigenvalue weighted by Crippen LogP contribution is -2.34. The number of alkyl halides is 1. The van der Waals surface area contributed by atoms with Crippen LogP contribution in [0.4, 0.5) is 4.39 Å². The van der Waals surface area contributed by atoms with E-state index in [2.05, 4.69) is 19.9 Å². The molecule has 0 aliphatic heterocycles. The Morgan fingerprint density at radius 3 is 2.62 bits per heavy atom. The molecule has 1 aliphatic carbocycles. The summed E-state index contributed by atoms with van der Waals surface area (Å²) >= 11 is 0. The van der Waals surface area contributed by atoms with E-state index in [0.717, 1.165) is 6.42 Å². The van der Waals surface area contributed by atoms with E-state index in [4.69, 9.17) is 5.26 Å². The zero-order valence-electron chi connectivity index (χ0n) is 8.68. The molecule has 3 atom stereocenters. The summed E-state index contributed by atoms with van der Waals surface area (Å²) in [7, 11) is 0. The van der Waals surface area contributed by atoms with Crippen molar-refractivity contribution in [2.75, 3.05) is 0 Å². The standard InChI is InChI=1S/C11H18FN/c1-8(2)10-4-5-11(3,12)6-9(10)7-13/h8-10H,4-6H2,1-3H3. The van der Waals surface area contributed by atoms with E-state index in [0.29, 0.717) is 24.7 Å². The van der Waals surface area contributed by atoms with Crippen LogP contribution in [-0.2, 0) is 0 Å². The second-order valence-corrected chi connectivity index (χ2v) is 4.80. The van der Waals surface area contributed by atoms with Crippen molar-refractivity contribution in [3.05, 3.63) is 0 Å². The van der Waals surface area contributed by atoms with E-state index in [1.165, 1.54) is 0 Å². The Hall–Kier alpha value is -0.580. The third-order valence-electron chi connectivity index (χ3n) is 3.18. The van der Waals surface area contributed by atoms with Crippen LogP contribution in [0.15, 0.2) is 0 Å². The van der Waals surface area contributed by atoms with E-state index < -0.39 is 5.67 Å². The van der Waals surface area contributed by atoms with Gasteiger partial charge >= 0.3 is 0 Å². The van der Waals surface area contributed by atoms with Gasteiger partial charge in [0.05, 0.1) is 12.0 Å². The summed E-state index contributed by atoms with van der Waals surface area (Å²) in [5.74, 6) is 0.818. The molecule has 1 aliphatic rings. The first-order valence-corrected chi connectivity index (χ1v) is 5.05. The quantitative estimate of drug-likeness (QED) is 0.611. The highest BCUT2D eigenvalue weighted by atomic mass is 19.1. The molecule has 0 radical (unpaired) electrons. The number of nitrogens with zero attached hydrogens (tertiary/aromatic N) is 1. The Bertz CT molecular complexity index is 215. The molecular weight excluding hydrogens is 165 g/mol. The average molecular weight is 183 g/mol. The Kier molecular flexibility index (Phi) is 2.95. The van der Waals surface area contributed by atoms with Crippen molar-refractivity contribution < 1.29 is 4.39 Å². The summed E-state index contributed by atoms with van der Waals surface area (Å²) in [4.78, 5) is 0. The maximum atomic E-state index is 13.6. The predicted molar refractivity (Wildman–Crippen MR) is 50.8 cm³/mol. The third kappa shape index (κ3) is 2.43. The van der Waals surface area contributed by atoms with Gasteiger partial charge < -0.3 is 0 Å². The van der Waals surface area contributed by atoms with Crippen LogP contribution in [0.3, 0.4) is 0 Å². The number of hydrogen-bond acceptors (Lipinski definition) is 1. The van der Waals surface area contributed by atoms with E-state index in [-0.39, 0.29) is 5.92 Å². The average Bonchev–Trinajstić information content (AvgIpc) is 2.01. The van der Waals surface area contributed by atoms with Gasteiger partial charge in [-0.3, -0.25) is 0 Å². The molecule has 0 aromatic carbocycles. The van der Waals surface area contributed by atoms with Crippen molar-refractivity contribution >= 4 is 0 Å². The zero-order chi connectivity index (χ0) is 10.1. The molecule has 0 N–H and O–H groups in total. The van der Waals surface area contributed by atoms with Gasteiger partial charge in [-0.25, -0.2) is 4.39 Å². The molecule has 0 heterocycles. The van der Waals surface area contributed by atoms with Gasteiger partial charge in [0.15, 0.2) is 0 Å². The van der Waals surface area contributed by atoms with Crippen LogP contribution < -0.4 is 0 Å². The minimum Gasteiger partial charge on any atom is -0.244 e. The first kappa shape index (κ1) is 10.5. The van der Waals surface area contributed by atoms with Crippen molar-refractivity contribution in [1.29, 1.82) is 5.26 Å².